The van der Waals surface area contributed by atoms with E-state index in [1.54, 1.807) is 12.1 Å². The molecule has 2 heterocycles. The minimum atomic E-state index is -3.95. The number of hydrogen-bond acceptors (Lipinski definition) is 7. The molecule has 0 atom stereocenters. The first-order chi connectivity index (χ1) is 15.3. The summed E-state index contributed by atoms with van der Waals surface area (Å²) in [5, 5.41) is 8.59. The first-order valence-corrected chi connectivity index (χ1v) is 12.1. The summed E-state index contributed by atoms with van der Waals surface area (Å²) in [6, 6.07) is 7.96. The highest BCUT2D eigenvalue weighted by molar-refractivity contribution is 7.89. The van der Waals surface area contributed by atoms with Gasteiger partial charge >= 0.3 is 0 Å². The van der Waals surface area contributed by atoms with Gasteiger partial charge in [-0.1, -0.05) is 11.6 Å². The number of sulfonamides is 1. The van der Waals surface area contributed by atoms with Crippen LogP contribution in [0.15, 0.2) is 35.2 Å². The van der Waals surface area contributed by atoms with E-state index >= 15 is 0 Å². The number of nitrogens with zero attached hydrogens (tertiary/aromatic N) is 1. The van der Waals surface area contributed by atoms with Gasteiger partial charge in [-0.15, -0.1) is 0 Å². The molecule has 0 bridgehead atoms. The molecule has 3 N–H and O–H groups in total. The van der Waals surface area contributed by atoms with Gasteiger partial charge in [0.1, 0.15) is 13.2 Å². The van der Waals surface area contributed by atoms with Gasteiger partial charge in [0.05, 0.1) is 28.7 Å². The number of morpholine rings is 1. The molecule has 1 saturated heterocycles. The highest BCUT2D eigenvalue weighted by atomic mass is 35.5. The summed E-state index contributed by atoms with van der Waals surface area (Å²) in [7, 11) is -3.95. The summed E-state index contributed by atoms with van der Waals surface area (Å²) >= 11 is 6.27. The Labute approximate surface area is 191 Å². The Balaban J connectivity index is 1.50. The van der Waals surface area contributed by atoms with Crippen molar-refractivity contribution < 1.29 is 27.4 Å². The molecule has 2 aromatic rings. The number of nitrogens with two attached hydrogens (primary N) is 1. The molecule has 4 rings (SSSR count). The lowest BCUT2D eigenvalue weighted by Crippen LogP contribution is -2.38. The second-order valence-corrected chi connectivity index (χ2v) is 9.40. The zero-order chi connectivity index (χ0) is 22.7. The second kappa shape index (κ2) is 9.53. The van der Waals surface area contributed by atoms with Gasteiger partial charge in [-0.25, -0.2) is 13.6 Å². The Bertz CT molecular complexity index is 1120. The molecule has 11 heteroatoms. The maximum Gasteiger partial charge on any atom is 0.253 e. The zero-order valence-electron chi connectivity index (χ0n) is 17.3. The smallest absolute Gasteiger partial charge is 0.253 e. The molecule has 2 aromatic carbocycles. The number of carbonyl (C=O) groups excluding carboxylic acids is 1. The average molecular weight is 482 g/mol. The van der Waals surface area contributed by atoms with E-state index in [0.717, 1.165) is 5.56 Å². The highest BCUT2D eigenvalue weighted by Gasteiger charge is 2.22. The molecule has 172 valence electrons. The van der Waals surface area contributed by atoms with Gasteiger partial charge in [0.25, 0.3) is 5.91 Å². The van der Waals surface area contributed by atoms with Crippen LogP contribution >= 0.6 is 11.6 Å². The van der Waals surface area contributed by atoms with Gasteiger partial charge < -0.3 is 24.4 Å². The van der Waals surface area contributed by atoms with Crippen molar-refractivity contribution in [2.24, 2.45) is 5.14 Å². The van der Waals surface area contributed by atoms with E-state index in [9.17, 15) is 13.2 Å². The molecule has 0 aromatic heterocycles. The maximum atomic E-state index is 13.0. The first kappa shape index (κ1) is 22.7. The third kappa shape index (κ3) is 5.09. The number of anilines is 1. The minimum Gasteiger partial charge on any atom is -0.486 e. The number of amides is 1. The third-order valence-corrected chi connectivity index (χ3v) is 6.44. The van der Waals surface area contributed by atoms with Crippen LogP contribution in [-0.2, 0) is 21.2 Å². The second-order valence-electron chi connectivity index (χ2n) is 7.43. The van der Waals surface area contributed by atoms with E-state index in [1.165, 1.54) is 12.1 Å². The molecule has 2 aliphatic heterocycles. The Hall–Kier alpha value is -2.53. The van der Waals surface area contributed by atoms with Crippen LogP contribution in [0.25, 0.3) is 0 Å². The fraction of sp³-hybridized carbons (Fsp3) is 0.381. The molecule has 1 amide bonds. The largest absolute Gasteiger partial charge is 0.486 e. The van der Waals surface area contributed by atoms with Crippen LogP contribution in [0.3, 0.4) is 0 Å². The topological polar surface area (TPSA) is 120 Å². The molecule has 1 fully saturated rings. The van der Waals surface area contributed by atoms with Gasteiger partial charge in [-0.3, -0.25) is 4.79 Å². The Kier molecular flexibility index (Phi) is 6.75. The minimum absolute atomic E-state index is 0.113. The van der Waals surface area contributed by atoms with E-state index in [2.05, 4.69) is 5.32 Å². The number of halogens is 1. The van der Waals surface area contributed by atoms with Crippen LogP contribution in [0.2, 0.25) is 5.02 Å². The van der Waals surface area contributed by atoms with Crippen LogP contribution in [0, 0.1) is 0 Å². The van der Waals surface area contributed by atoms with Gasteiger partial charge in [-0.2, -0.15) is 0 Å². The van der Waals surface area contributed by atoms with Gasteiger partial charge in [0.15, 0.2) is 11.5 Å². The van der Waals surface area contributed by atoms with Crippen molar-refractivity contribution in [3.8, 4) is 11.5 Å². The molecule has 0 aliphatic carbocycles. The summed E-state index contributed by atoms with van der Waals surface area (Å²) in [4.78, 5) is 14.9. The number of primary sulfonamides is 1. The van der Waals surface area contributed by atoms with Crippen molar-refractivity contribution in [2.75, 3.05) is 51.0 Å². The molecule has 0 saturated carbocycles. The first-order valence-electron chi connectivity index (χ1n) is 10.2. The highest BCUT2D eigenvalue weighted by Crippen LogP contribution is 2.38. The van der Waals surface area contributed by atoms with Gasteiger partial charge in [0.2, 0.25) is 10.0 Å². The molecule has 2 aliphatic rings. The molecule has 9 nitrogen and oxygen atoms in total. The summed E-state index contributed by atoms with van der Waals surface area (Å²) in [6.45, 7) is 3.48. The Morgan fingerprint density at radius 1 is 1.09 bits per heavy atom. The number of fused-ring (bicyclic) bond motifs is 1. The maximum absolute atomic E-state index is 13.0. The quantitative estimate of drug-likeness (QED) is 0.642. The fourth-order valence-corrected chi connectivity index (χ4v) is 4.51. The van der Waals surface area contributed by atoms with Crippen molar-refractivity contribution in [1.29, 1.82) is 0 Å². The number of hydrogen-bond donors (Lipinski definition) is 2. The summed E-state index contributed by atoms with van der Waals surface area (Å²) in [5.41, 5.74) is 1.77. The van der Waals surface area contributed by atoms with Gasteiger partial charge in [0, 0.05) is 25.3 Å². The van der Waals surface area contributed by atoms with Crippen molar-refractivity contribution in [1.82, 2.24) is 5.32 Å². The van der Waals surface area contributed by atoms with E-state index in [4.69, 9.17) is 31.0 Å². The van der Waals surface area contributed by atoms with Crippen LogP contribution in [0.4, 0.5) is 5.69 Å². The third-order valence-electron chi connectivity index (χ3n) is 5.25. The number of ether oxygens (including phenoxy) is 3. The Morgan fingerprint density at radius 3 is 2.59 bits per heavy atom. The zero-order valence-corrected chi connectivity index (χ0v) is 18.9. The summed E-state index contributed by atoms with van der Waals surface area (Å²) in [5.74, 6) is 0.724. The van der Waals surface area contributed by atoms with Crippen molar-refractivity contribution in [2.45, 2.75) is 11.3 Å². The normalized spacial score (nSPS) is 16.0. The predicted octanol–water partition coefficient (Wildman–Crippen LogP) is 1.57. The lowest BCUT2D eigenvalue weighted by molar-refractivity contribution is 0.0952. The van der Waals surface area contributed by atoms with Crippen LogP contribution in [0.1, 0.15) is 15.9 Å². The van der Waals surface area contributed by atoms with Gasteiger partial charge in [-0.05, 0) is 42.3 Å². The van der Waals surface area contributed by atoms with E-state index in [1.807, 2.05) is 11.0 Å². The number of rotatable bonds is 6. The standard InChI is InChI=1S/C21H24ClN3O6S/c22-17-11-14(12-19-20(17)31-10-9-30-19)3-4-24-21(26)16-13-15(32(23,27)28)1-2-18(16)25-5-7-29-8-6-25/h1-2,11-13H,3-10H2,(H,24,26)(H2,23,27,28). The van der Waals surface area contributed by atoms with Crippen LogP contribution in [0.5, 0.6) is 11.5 Å². The number of benzene rings is 2. The average Bonchev–Trinajstić information content (AvgIpc) is 2.78. The molecule has 0 radical (unpaired) electrons. The number of carbonyl (C=O) groups is 1. The van der Waals surface area contributed by atoms with Crippen LogP contribution < -0.4 is 24.8 Å². The monoisotopic (exact) mass is 481 g/mol. The van der Waals surface area contributed by atoms with Crippen molar-refractivity contribution >= 4 is 33.2 Å². The lowest BCUT2D eigenvalue weighted by Gasteiger charge is -2.30. The van der Waals surface area contributed by atoms with Crippen LogP contribution in [-0.4, -0.2) is 60.4 Å². The van der Waals surface area contributed by atoms with E-state index in [-0.39, 0.29) is 16.4 Å². The molecular weight excluding hydrogens is 458 g/mol. The van der Waals surface area contributed by atoms with E-state index in [0.29, 0.717) is 74.7 Å². The fourth-order valence-electron chi connectivity index (χ4n) is 3.68. The Morgan fingerprint density at radius 2 is 1.84 bits per heavy atom. The number of nitrogens with one attached hydrogen (secondary N) is 1. The molecule has 0 unspecified atom stereocenters. The lowest BCUT2D eigenvalue weighted by atomic mass is 10.1. The van der Waals surface area contributed by atoms with Crippen molar-refractivity contribution in [3.63, 3.8) is 0 Å². The SMILES string of the molecule is NS(=O)(=O)c1ccc(N2CCOCC2)c(C(=O)NCCc2cc(Cl)c3c(c2)OCCO3)c1. The van der Waals surface area contributed by atoms with Crippen molar-refractivity contribution in [3.05, 3.63) is 46.5 Å². The summed E-state index contributed by atoms with van der Waals surface area (Å²) < 4.78 is 40.1. The molecule has 0 spiro atoms. The van der Waals surface area contributed by atoms with E-state index < -0.39 is 10.0 Å². The predicted molar refractivity (Wildman–Crippen MR) is 119 cm³/mol. The summed E-state index contributed by atoms with van der Waals surface area (Å²) in [6.07, 6.45) is 0.504. The molecular formula is C21H24ClN3O6S. The molecule has 32 heavy (non-hydrogen) atoms.